The van der Waals surface area contributed by atoms with Gasteiger partial charge in [-0.05, 0) is 64.0 Å². The number of likely N-dealkylation sites (N-methyl/N-ethyl adjacent to an activating group) is 1. The zero-order chi connectivity index (χ0) is 17.5. The number of carbonyl (C=O) groups is 2. The monoisotopic (exact) mass is 332 g/mol. The van der Waals surface area contributed by atoms with E-state index in [1.54, 1.807) is 12.1 Å². The zero-order valence-corrected chi connectivity index (χ0v) is 14.8. The van der Waals surface area contributed by atoms with Gasteiger partial charge in [0.2, 0.25) is 5.91 Å². The summed E-state index contributed by atoms with van der Waals surface area (Å²) in [6, 6.07) is 6.99. The first-order chi connectivity index (χ1) is 11.5. The number of rotatable bonds is 5. The van der Waals surface area contributed by atoms with Crippen LogP contribution in [-0.2, 0) is 4.79 Å². The average Bonchev–Trinajstić information content (AvgIpc) is 2.55. The van der Waals surface area contributed by atoms with Gasteiger partial charge < -0.3 is 16.0 Å². The maximum absolute atomic E-state index is 12.5. The molecule has 0 aromatic heterocycles. The average molecular weight is 332 g/mol. The van der Waals surface area contributed by atoms with Crippen molar-refractivity contribution in [1.82, 2.24) is 10.2 Å². The lowest BCUT2D eigenvalue weighted by Crippen LogP contribution is -2.46. The molecule has 1 heterocycles. The molecule has 1 aromatic carbocycles. The fourth-order valence-corrected chi connectivity index (χ4v) is 2.96. The Kier molecular flexibility index (Phi) is 6.61. The van der Waals surface area contributed by atoms with Crippen molar-refractivity contribution in [3.63, 3.8) is 0 Å². The van der Waals surface area contributed by atoms with E-state index in [1.165, 1.54) is 0 Å². The number of piperidine rings is 1. The second-order valence-electron chi connectivity index (χ2n) is 6.46. The number of likely N-dealkylation sites (tertiary alicyclic amines) is 1. The van der Waals surface area contributed by atoms with E-state index in [4.69, 9.17) is 0 Å². The van der Waals surface area contributed by atoms with E-state index in [2.05, 4.69) is 27.8 Å². The number of nitrogens with one attached hydrogen (secondary N) is 3. The van der Waals surface area contributed by atoms with Crippen molar-refractivity contribution in [3.8, 4) is 0 Å². The molecule has 1 aromatic rings. The van der Waals surface area contributed by atoms with Crippen LogP contribution in [0.3, 0.4) is 0 Å². The highest BCUT2D eigenvalue weighted by atomic mass is 16.2. The van der Waals surface area contributed by atoms with Crippen LogP contribution in [0.2, 0.25) is 0 Å². The van der Waals surface area contributed by atoms with Crippen molar-refractivity contribution in [3.05, 3.63) is 24.3 Å². The third-order valence-corrected chi connectivity index (χ3v) is 4.15. The largest absolute Gasteiger partial charge is 0.336 e. The number of hydrogen-bond donors (Lipinski definition) is 3. The first-order valence-electron chi connectivity index (χ1n) is 8.72. The molecular weight excluding hydrogens is 304 g/mol. The second kappa shape index (κ2) is 8.68. The van der Waals surface area contributed by atoms with Crippen molar-refractivity contribution in [2.24, 2.45) is 0 Å². The molecule has 0 bridgehead atoms. The van der Waals surface area contributed by atoms with E-state index in [0.717, 1.165) is 38.0 Å². The quantitative estimate of drug-likeness (QED) is 0.776. The third kappa shape index (κ3) is 5.23. The molecule has 0 saturated carbocycles. The standard InChI is InChI=1S/C18H28N4O2/c1-4-22-12-6-5-7-16(22)17(23)20-14-8-10-15(11-9-14)21-18(24)19-13(2)3/h8-11,13,16H,4-7,12H2,1-3H3,(H,20,23)(H2,19,21,24). The molecule has 1 aliphatic heterocycles. The maximum atomic E-state index is 12.5. The lowest BCUT2D eigenvalue weighted by Gasteiger charge is -2.33. The van der Waals surface area contributed by atoms with Crippen molar-refractivity contribution >= 4 is 23.3 Å². The summed E-state index contributed by atoms with van der Waals surface area (Å²) in [5.41, 5.74) is 1.44. The fraction of sp³-hybridized carbons (Fsp3) is 0.556. The number of benzene rings is 1. The van der Waals surface area contributed by atoms with Crippen LogP contribution in [0.5, 0.6) is 0 Å². The first-order valence-corrected chi connectivity index (χ1v) is 8.72. The summed E-state index contributed by atoms with van der Waals surface area (Å²) in [7, 11) is 0. The molecule has 6 heteroatoms. The van der Waals surface area contributed by atoms with Gasteiger partial charge in [0.15, 0.2) is 0 Å². The molecule has 3 N–H and O–H groups in total. The Bertz CT molecular complexity index is 557. The lowest BCUT2D eigenvalue weighted by atomic mass is 10.0. The van der Waals surface area contributed by atoms with Crippen LogP contribution < -0.4 is 16.0 Å². The zero-order valence-electron chi connectivity index (χ0n) is 14.8. The van der Waals surface area contributed by atoms with E-state index in [0.29, 0.717) is 5.69 Å². The van der Waals surface area contributed by atoms with Gasteiger partial charge in [-0.3, -0.25) is 9.69 Å². The number of carbonyl (C=O) groups excluding carboxylic acids is 2. The summed E-state index contributed by atoms with van der Waals surface area (Å²) < 4.78 is 0. The Labute approximate surface area is 144 Å². The summed E-state index contributed by atoms with van der Waals surface area (Å²) in [5.74, 6) is 0.0508. The summed E-state index contributed by atoms with van der Waals surface area (Å²) in [6.45, 7) is 7.79. The molecule has 6 nitrogen and oxygen atoms in total. The van der Waals surface area contributed by atoms with Crippen molar-refractivity contribution in [2.75, 3.05) is 23.7 Å². The predicted molar refractivity (Wildman–Crippen MR) is 97.2 cm³/mol. The van der Waals surface area contributed by atoms with E-state index in [1.807, 2.05) is 26.0 Å². The number of anilines is 2. The molecule has 0 radical (unpaired) electrons. The highest BCUT2D eigenvalue weighted by Crippen LogP contribution is 2.19. The van der Waals surface area contributed by atoms with Gasteiger partial charge in [-0.15, -0.1) is 0 Å². The minimum Gasteiger partial charge on any atom is -0.336 e. The summed E-state index contributed by atoms with van der Waals surface area (Å²) in [5, 5.41) is 8.51. The van der Waals surface area contributed by atoms with Crippen LogP contribution in [0.25, 0.3) is 0 Å². The van der Waals surface area contributed by atoms with Gasteiger partial charge in [0.05, 0.1) is 6.04 Å². The van der Waals surface area contributed by atoms with Crippen LogP contribution in [0.1, 0.15) is 40.0 Å². The van der Waals surface area contributed by atoms with Crippen LogP contribution in [0, 0.1) is 0 Å². The molecule has 132 valence electrons. The molecule has 1 atom stereocenters. The summed E-state index contributed by atoms with van der Waals surface area (Å²) in [4.78, 5) is 26.4. The Morgan fingerprint density at radius 3 is 2.33 bits per heavy atom. The van der Waals surface area contributed by atoms with Crippen LogP contribution >= 0.6 is 0 Å². The number of amides is 3. The minimum atomic E-state index is -0.234. The molecule has 1 fully saturated rings. The fourth-order valence-electron chi connectivity index (χ4n) is 2.96. The van der Waals surface area contributed by atoms with Gasteiger partial charge in [-0.1, -0.05) is 13.3 Å². The normalized spacial score (nSPS) is 18.2. The highest BCUT2D eigenvalue weighted by Gasteiger charge is 2.27. The van der Waals surface area contributed by atoms with Crippen molar-refractivity contribution < 1.29 is 9.59 Å². The topological polar surface area (TPSA) is 73.5 Å². The SMILES string of the molecule is CCN1CCCCC1C(=O)Nc1ccc(NC(=O)NC(C)C)cc1. The van der Waals surface area contributed by atoms with E-state index in [9.17, 15) is 9.59 Å². The smallest absolute Gasteiger partial charge is 0.319 e. The lowest BCUT2D eigenvalue weighted by molar-refractivity contribution is -0.122. The van der Waals surface area contributed by atoms with Crippen molar-refractivity contribution in [1.29, 1.82) is 0 Å². The Balaban J connectivity index is 1.91. The van der Waals surface area contributed by atoms with Crippen LogP contribution in [0.15, 0.2) is 24.3 Å². The molecule has 1 saturated heterocycles. The third-order valence-electron chi connectivity index (χ3n) is 4.15. The molecule has 1 unspecified atom stereocenters. The van der Waals surface area contributed by atoms with Gasteiger partial charge in [-0.2, -0.15) is 0 Å². The molecule has 2 rings (SSSR count). The van der Waals surface area contributed by atoms with Crippen LogP contribution in [0.4, 0.5) is 16.2 Å². The van der Waals surface area contributed by atoms with E-state index in [-0.39, 0.29) is 24.0 Å². The molecule has 0 aliphatic carbocycles. The van der Waals surface area contributed by atoms with E-state index >= 15 is 0 Å². The second-order valence-corrected chi connectivity index (χ2v) is 6.46. The Hall–Kier alpha value is -2.08. The van der Waals surface area contributed by atoms with Gasteiger partial charge in [0, 0.05) is 17.4 Å². The molecular formula is C18H28N4O2. The first kappa shape index (κ1) is 18.3. The van der Waals surface area contributed by atoms with Crippen molar-refractivity contribution in [2.45, 2.75) is 52.1 Å². The predicted octanol–water partition coefficient (Wildman–Crippen LogP) is 3.03. The molecule has 1 aliphatic rings. The summed E-state index contributed by atoms with van der Waals surface area (Å²) >= 11 is 0. The Morgan fingerprint density at radius 2 is 1.75 bits per heavy atom. The van der Waals surface area contributed by atoms with Crippen LogP contribution in [-0.4, -0.2) is 42.0 Å². The molecule has 24 heavy (non-hydrogen) atoms. The molecule has 0 spiro atoms. The van der Waals surface area contributed by atoms with Gasteiger partial charge in [-0.25, -0.2) is 4.79 Å². The van der Waals surface area contributed by atoms with E-state index < -0.39 is 0 Å². The number of nitrogens with zero attached hydrogens (tertiary/aromatic N) is 1. The summed E-state index contributed by atoms with van der Waals surface area (Å²) in [6.07, 6.45) is 3.17. The number of hydrogen-bond acceptors (Lipinski definition) is 3. The van der Waals surface area contributed by atoms with Gasteiger partial charge in [0.25, 0.3) is 0 Å². The number of urea groups is 1. The maximum Gasteiger partial charge on any atom is 0.319 e. The van der Waals surface area contributed by atoms with Gasteiger partial charge in [0.1, 0.15) is 0 Å². The minimum absolute atomic E-state index is 0.0432. The van der Waals surface area contributed by atoms with Gasteiger partial charge >= 0.3 is 6.03 Å². The Morgan fingerprint density at radius 1 is 1.12 bits per heavy atom. The molecule has 3 amide bonds. The highest BCUT2D eigenvalue weighted by molar-refractivity contribution is 5.95.